The number of nitrogens with two attached hydrogens (primary N) is 1. The van der Waals surface area contributed by atoms with Crippen molar-refractivity contribution in [2.24, 2.45) is 0 Å². The summed E-state index contributed by atoms with van der Waals surface area (Å²) in [4.78, 5) is 0. The Balaban J connectivity index is 2.00. The number of ether oxygens (including phenoxy) is 2. The van der Waals surface area contributed by atoms with Gasteiger partial charge in [0.05, 0.1) is 18.8 Å². The van der Waals surface area contributed by atoms with E-state index in [4.69, 9.17) is 15.2 Å². The van der Waals surface area contributed by atoms with Crippen molar-refractivity contribution in [2.45, 2.75) is 6.54 Å². The average Bonchev–Trinajstić information content (AvgIpc) is 2.91. The SMILES string of the molecule is COCCOc1c(N)cc(C#N)n1Cc1cccc2ccccc12. The second kappa shape index (κ2) is 7.07. The number of nitrogens with zero attached hydrogens (tertiary/aromatic N) is 2. The molecular formula is C19H19N3O2. The predicted molar refractivity (Wildman–Crippen MR) is 94.0 cm³/mol. The molecule has 5 nitrogen and oxygen atoms in total. The highest BCUT2D eigenvalue weighted by molar-refractivity contribution is 5.85. The normalized spacial score (nSPS) is 10.7. The molecule has 0 bridgehead atoms. The standard InChI is InChI=1S/C19H19N3O2/c1-23-9-10-24-19-18(21)11-16(12-20)22(19)13-15-7-4-6-14-5-2-3-8-17(14)15/h2-8,11H,9-10,13,21H2,1H3. The lowest BCUT2D eigenvalue weighted by Gasteiger charge is -2.14. The molecule has 0 saturated heterocycles. The first-order chi connectivity index (χ1) is 11.7. The van der Waals surface area contributed by atoms with E-state index in [1.165, 1.54) is 0 Å². The zero-order chi connectivity index (χ0) is 16.9. The highest BCUT2D eigenvalue weighted by Gasteiger charge is 2.15. The van der Waals surface area contributed by atoms with E-state index in [9.17, 15) is 5.26 Å². The fourth-order valence-electron chi connectivity index (χ4n) is 2.79. The van der Waals surface area contributed by atoms with Gasteiger partial charge in [0, 0.05) is 13.2 Å². The van der Waals surface area contributed by atoms with Crippen LogP contribution < -0.4 is 10.5 Å². The molecular weight excluding hydrogens is 302 g/mol. The lowest BCUT2D eigenvalue weighted by Crippen LogP contribution is -2.11. The molecule has 0 aliphatic heterocycles. The fourth-order valence-corrected chi connectivity index (χ4v) is 2.79. The van der Waals surface area contributed by atoms with Crippen LogP contribution in [0, 0.1) is 11.3 Å². The summed E-state index contributed by atoms with van der Waals surface area (Å²) < 4.78 is 12.6. The van der Waals surface area contributed by atoms with Gasteiger partial charge in [-0.05, 0) is 16.3 Å². The summed E-state index contributed by atoms with van der Waals surface area (Å²) in [5, 5.41) is 11.7. The molecule has 0 fully saturated rings. The topological polar surface area (TPSA) is 73.2 Å². The van der Waals surface area contributed by atoms with E-state index < -0.39 is 0 Å². The van der Waals surface area contributed by atoms with Crippen LogP contribution in [0.25, 0.3) is 10.8 Å². The molecule has 0 radical (unpaired) electrons. The largest absolute Gasteiger partial charge is 0.475 e. The molecule has 1 heterocycles. The Hall–Kier alpha value is -2.97. The van der Waals surface area contributed by atoms with E-state index in [1.54, 1.807) is 13.2 Å². The summed E-state index contributed by atoms with van der Waals surface area (Å²) in [6.45, 7) is 1.36. The van der Waals surface area contributed by atoms with Crippen LogP contribution in [0.1, 0.15) is 11.3 Å². The summed E-state index contributed by atoms with van der Waals surface area (Å²) in [6, 6.07) is 18.2. The van der Waals surface area contributed by atoms with Crippen molar-refractivity contribution < 1.29 is 9.47 Å². The van der Waals surface area contributed by atoms with Gasteiger partial charge in [-0.15, -0.1) is 0 Å². The number of aromatic nitrogens is 1. The van der Waals surface area contributed by atoms with Gasteiger partial charge in [0.15, 0.2) is 0 Å². The first-order valence-corrected chi connectivity index (χ1v) is 7.72. The summed E-state index contributed by atoms with van der Waals surface area (Å²) in [5.41, 5.74) is 8.08. The molecule has 122 valence electrons. The summed E-state index contributed by atoms with van der Waals surface area (Å²) in [5.74, 6) is 0.511. The molecule has 0 aliphatic carbocycles. The third-order valence-electron chi connectivity index (χ3n) is 3.92. The van der Waals surface area contributed by atoms with E-state index in [1.807, 2.05) is 22.8 Å². The second-order valence-electron chi connectivity index (χ2n) is 5.47. The van der Waals surface area contributed by atoms with Crippen molar-refractivity contribution in [3.05, 3.63) is 59.8 Å². The van der Waals surface area contributed by atoms with Gasteiger partial charge in [-0.1, -0.05) is 42.5 Å². The monoisotopic (exact) mass is 321 g/mol. The number of methoxy groups -OCH3 is 1. The molecule has 0 aliphatic rings. The molecule has 1 aromatic heterocycles. The van der Waals surface area contributed by atoms with E-state index in [-0.39, 0.29) is 0 Å². The molecule has 0 spiro atoms. The number of hydrogen-bond acceptors (Lipinski definition) is 4. The van der Waals surface area contributed by atoms with Gasteiger partial charge >= 0.3 is 0 Å². The van der Waals surface area contributed by atoms with Gasteiger partial charge in [0.2, 0.25) is 5.88 Å². The van der Waals surface area contributed by atoms with E-state index in [0.29, 0.717) is 37.0 Å². The number of rotatable bonds is 6. The molecule has 0 amide bonds. The summed E-state index contributed by atoms with van der Waals surface area (Å²) in [6.07, 6.45) is 0. The quantitative estimate of drug-likeness (QED) is 0.708. The predicted octanol–water partition coefficient (Wildman–Crippen LogP) is 3.17. The lowest BCUT2D eigenvalue weighted by atomic mass is 10.0. The van der Waals surface area contributed by atoms with Crippen molar-refractivity contribution in [3.63, 3.8) is 0 Å². The highest BCUT2D eigenvalue weighted by Crippen LogP contribution is 2.29. The van der Waals surface area contributed by atoms with Gasteiger partial charge < -0.3 is 15.2 Å². The van der Waals surface area contributed by atoms with Gasteiger partial charge in [-0.2, -0.15) is 5.26 Å². The maximum Gasteiger partial charge on any atom is 0.218 e. The Morgan fingerprint density at radius 1 is 1.12 bits per heavy atom. The Morgan fingerprint density at radius 3 is 2.71 bits per heavy atom. The van der Waals surface area contributed by atoms with Crippen LogP contribution in [0.15, 0.2) is 48.5 Å². The van der Waals surface area contributed by atoms with Gasteiger partial charge in [0.1, 0.15) is 18.4 Å². The molecule has 24 heavy (non-hydrogen) atoms. The van der Waals surface area contributed by atoms with E-state index in [2.05, 4.69) is 30.3 Å². The number of hydrogen-bond donors (Lipinski definition) is 1. The minimum absolute atomic E-state index is 0.380. The molecule has 2 N–H and O–H groups in total. The first kappa shape index (κ1) is 15.9. The number of nitrogen functional groups attached to an aromatic ring is 1. The summed E-state index contributed by atoms with van der Waals surface area (Å²) >= 11 is 0. The maximum atomic E-state index is 9.41. The van der Waals surface area contributed by atoms with Crippen LogP contribution in [0.5, 0.6) is 5.88 Å². The van der Waals surface area contributed by atoms with E-state index in [0.717, 1.165) is 16.3 Å². The van der Waals surface area contributed by atoms with Crippen molar-refractivity contribution in [1.82, 2.24) is 4.57 Å². The average molecular weight is 321 g/mol. The Kier molecular flexibility index (Phi) is 4.69. The minimum Gasteiger partial charge on any atom is -0.475 e. The zero-order valence-corrected chi connectivity index (χ0v) is 13.5. The molecule has 5 heteroatoms. The molecule has 3 rings (SSSR count). The van der Waals surface area contributed by atoms with Crippen molar-refractivity contribution in [3.8, 4) is 11.9 Å². The van der Waals surface area contributed by atoms with Crippen LogP contribution in [-0.4, -0.2) is 24.9 Å². The molecule has 0 atom stereocenters. The highest BCUT2D eigenvalue weighted by atomic mass is 16.5. The van der Waals surface area contributed by atoms with Gasteiger partial charge in [-0.3, -0.25) is 4.57 Å². The molecule has 2 aromatic carbocycles. The third kappa shape index (κ3) is 3.05. The van der Waals surface area contributed by atoms with Crippen LogP contribution in [0.3, 0.4) is 0 Å². The second-order valence-corrected chi connectivity index (χ2v) is 5.47. The Labute approximate surface area is 140 Å². The first-order valence-electron chi connectivity index (χ1n) is 7.72. The molecule has 0 unspecified atom stereocenters. The number of benzene rings is 2. The van der Waals surface area contributed by atoms with Crippen molar-refractivity contribution in [1.29, 1.82) is 5.26 Å². The van der Waals surface area contributed by atoms with Crippen LogP contribution in [0.2, 0.25) is 0 Å². The lowest BCUT2D eigenvalue weighted by molar-refractivity contribution is 0.142. The van der Waals surface area contributed by atoms with Crippen LogP contribution in [0.4, 0.5) is 5.69 Å². The van der Waals surface area contributed by atoms with Crippen molar-refractivity contribution >= 4 is 16.5 Å². The number of fused-ring (bicyclic) bond motifs is 1. The summed E-state index contributed by atoms with van der Waals surface area (Å²) in [7, 11) is 1.61. The van der Waals surface area contributed by atoms with Crippen molar-refractivity contribution in [2.75, 3.05) is 26.1 Å². The third-order valence-corrected chi connectivity index (χ3v) is 3.92. The van der Waals surface area contributed by atoms with Gasteiger partial charge in [0.25, 0.3) is 0 Å². The minimum atomic E-state index is 0.380. The zero-order valence-electron chi connectivity index (χ0n) is 13.5. The number of nitriles is 1. The van der Waals surface area contributed by atoms with Crippen LogP contribution >= 0.6 is 0 Å². The maximum absolute atomic E-state index is 9.41. The number of anilines is 1. The Bertz CT molecular complexity index is 888. The Morgan fingerprint density at radius 2 is 1.92 bits per heavy atom. The smallest absolute Gasteiger partial charge is 0.218 e. The molecule has 0 saturated carbocycles. The fraction of sp³-hybridized carbons (Fsp3) is 0.211. The van der Waals surface area contributed by atoms with E-state index >= 15 is 0 Å². The van der Waals surface area contributed by atoms with Gasteiger partial charge in [-0.25, -0.2) is 0 Å². The molecule has 3 aromatic rings. The van der Waals surface area contributed by atoms with Crippen LogP contribution in [-0.2, 0) is 11.3 Å².